The van der Waals surface area contributed by atoms with Gasteiger partial charge >= 0.3 is 0 Å². The second-order valence-electron chi connectivity index (χ2n) is 6.71. The summed E-state index contributed by atoms with van der Waals surface area (Å²) >= 11 is 0. The van der Waals surface area contributed by atoms with E-state index in [4.69, 9.17) is 0 Å². The Morgan fingerprint density at radius 1 is 1.28 bits per heavy atom. The molecule has 7 nitrogen and oxygen atoms in total. The van der Waals surface area contributed by atoms with Gasteiger partial charge < -0.3 is 5.32 Å². The van der Waals surface area contributed by atoms with E-state index in [9.17, 15) is 4.79 Å². The van der Waals surface area contributed by atoms with E-state index in [0.29, 0.717) is 11.3 Å². The highest BCUT2D eigenvalue weighted by molar-refractivity contribution is 5.93. The molecular formula is C18H22N6O. The number of rotatable bonds is 3. The standard InChI is InChI=1S/C18H22N6O/c1-12-14(11-20-23(12)2)16-8-9-19-17-10-15(22-24(16)17)18(25)21-13-6-4-3-5-7-13/h8-11,13H,3-7H2,1-2H3,(H,21,25). The monoisotopic (exact) mass is 338 g/mol. The Kier molecular flexibility index (Phi) is 3.99. The molecule has 1 N–H and O–H groups in total. The first-order valence-corrected chi connectivity index (χ1v) is 8.78. The average Bonchev–Trinajstić information content (AvgIpc) is 3.20. The van der Waals surface area contributed by atoms with Gasteiger partial charge in [-0.2, -0.15) is 10.2 Å². The minimum atomic E-state index is -0.119. The maximum atomic E-state index is 12.6. The fourth-order valence-corrected chi connectivity index (χ4v) is 3.47. The number of nitrogens with zero attached hydrogens (tertiary/aromatic N) is 5. The van der Waals surface area contributed by atoms with Crippen molar-refractivity contribution in [2.75, 3.05) is 0 Å². The molecule has 0 aromatic carbocycles. The maximum Gasteiger partial charge on any atom is 0.272 e. The Morgan fingerprint density at radius 3 is 2.80 bits per heavy atom. The number of aryl methyl sites for hydroxylation is 1. The van der Waals surface area contributed by atoms with Crippen molar-refractivity contribution in [2.45, 2.75) is 45.1 Å². The zero-order valence-corrected chi connectivity index (χ0v) is 14.6. The van der Waals surface area contributed by atoms with E-state index in [1.54, 1.807) is 16.8 Å². The molecular weight excluding hydrogens is 316 g/mol. The Labute approximate surface area is 146 Å². The topological polar surface area (TPSA) is 77.1 Å². The highest BCUT2D eigenvalue weighted by Gasteiger charge is 2.20. The Balaban J connectivity index is 1.67. The summed E-state index contributed by atoms with van der Waals surface area (Å²) in [6, 6.07) is 3.90. The summed E-state index contributed by atoms with van der Waals surface area (Å²) in [5, 5.41) is 11.9. The first-order chi connectivity index (χ1) is 12.1. The van der Waals surface area contributed by atoms with Crippen molar-refractivity contribution >= 4 is 11.6 Å². The number of carbonyl (C=O) groups is 1. The second kappa shape index (κ2) is 6.31. The number of fused-ring (bicyclic) bond motifs is 1. The minimum absolute atomic E-state index is 0.119. The number of nitrogens with one attached hydrogen (secondary N) is 1. The van der Waals surface area contributed by atoms with E-state index >= 15 is 0 Å². The minimum Gasteiger partial charge on any atom is -0.348 e. The third-order valence-electron chi connectivity index (χ3n) is 5.04. The molecule has 3 aromatic rings. The van der Waals surface area contributed by atoms with Crippen molar-refractivity contribution in [3.63, 3.8) is 0 Å². The first-order valence-electron chi connectivity index (χ1n) is 8.78. The van der Waals surface area contributed by atoms with E-state index in [2.05, 4.69) is 20.5 Å². The zero-order chi connectivity index (χ0) is 17.4. The number of hydrogen-bond acceptors (Lipinski definition) is 4. The van der Waals surface area contributed by atoms with Gasteiger partial charge in [0.1, 0.15) is 0 Å². The van der Waals surface area contributed by atoms with E-state index in [1.807, 2.05) is 30.9 Å². The van der Waals surface area contributed by atoms with E-state index in [-0.39, 0.29) is 11.9 Å². The first kappa shape index (κ1) is 15.8. The van der Waals surface area contributed by atoms with Gasteiger partial charge in [0, 0.05) is 36.6 Å². The summed E-state index contributed by atoms with van der Waals surface area (Å²) in [5.74, 6) is -0.119. The van der Waals surface area contributed by atoms with Crippen molar-refractivity contribution < 1.29 is 4.79 Å². The number of carbonyl (C=O) groups excluding carboxylic acids is 1. The average molecular weight is 338 g/mol. The van der Waals surface area contributed by atoms with Crippen LogP contribution in [0, 0.1) is 6.92 Å². The maximum absolute atomic E-state index is 12.6. The molecule has 0 unspecified atom stereocenters. The zero-order valence-electron chi connectivity index (χ0n) is 14.6. The summed E-state index contributed by atoms with van der Waals surface area (Å²) in [6.45, 7) is 2.01. The van der Waals surface area contributed by atoms with E-state index < -0.39 is 0 Å². The quantitative estimate of drug-likeness (QED) is 0.796. The van der Waals surface area contributed by atoms with Crippen LogP contribution in [0.15, 0.2) is 24.5 Å². The lowest BCUT2D eigenvalue weighted by Crippen LogP contribution is -2.36. The highest BCUT2D eigenvalue weighted by Crippen LogP contribution is 2.23. The SMILES string of the molecule is Cc1c(-c2ccnc3cc(C(=O)NC4CCCCC4)nn23)cnn1C. The molecule has 0 radical (unpaired) electrons. The molecule has 7 heteroatoms. The van der Waals surface area contributed by atoms with Gasteiger partial charge in [0.15, 0.2) is 11.3 Å². The molecule has 4 rings (SSSR count). The van der Waals surface area contributed by atoms with Gasteiger partial charge in [0.2, 0.25) is 0 Å². The lowest BCUT2D eigenvalue weighted by atomic mass is 9.95. The van der Waals surface area contributed by atoms with Gasteiger partial charge in [0.05, 0.1) is 11.9 Å². The van der Waals surface area contributed by atoms with Crippen LogP contribution in [0.5, 0.6) is 0 Å². The van der Waals surface area contributed by atoms with Crippen molar-refractivity contribution in [2.24, 2.45) is 7.05 Å². The van der Waals surface area contributed by atoms with E-state index in [0.717, 1.165) is 29.8 Å². The van der Waals surface area contributed by atoms with Crippen LogP contribution < -0.4 is 5.32 Å². The second-order valence-corrected chi connectivity index (χ2v) is 6.71. The van der Waals surface area contributed by atoms with Crippen molar-refractivity contribution in [3.05, 3.63) is 35.9 Å². The molecule has 0 bridgehead atoms. The highest BCUT2D eigenvalue weighted by atomic mass is 16.2. The predicted octanol–water partition coefficient (Wildman–Crippen LogP) is 2.50. The molecule has 25 heavy (non-hydrogen) atoms. The van der Waals surface area contributed by atoms with Gasteiger partial charge in [-0.3, -0.25) is 9.48 Å². The van der Waals surface area contributed by atoms with Gasteiger partial charge in [-0.1, -0.05) is 19.3 Å². The van der Waals surface area contributed by atoms with Crippen LogP contribution in [0.4, 0.5) is 0 Å². The van der Waals surface area contributed by atoms with Gasteiger partial charge in [-0.05, 0) is 25.8 Å². The molecule has 0 saturated heterocycles. The fourth-order valence-electron chi connectivity index (χ4n) is 3.47. The molecule has 1 amide bonds. The Hall–Kier alpha value is -2.70. The number of aromatic nitrogens is 5. The van der Waals surface area contributed by atoms with Crippen LogP contribution in [0.1, 0.15) is 48.3 Å². The molecule has 0 spiro atoms. The van der Waals surface area contributed by atoms with Crippen LogP contribution in [-0.2, 0) is 7.05 Å². The van der Waals surface area contributed by atoms with Crippen molar-refractivity contribution in [1.82, 2.24) is 29.7 Å². The molecule has 3 aromatic heterocycles. The number of hydrogen-bond donors (Lipinski definition) is 1. The van der Waals surface area contributed by atoms with Crippen molar-refractivity contribution in [1.29, 1.82) is 0 Å². The fraction of sp³-hybridized carbons (Fsp3) is 0.444. The molecule has 1 fully saturated rings. The van der Waals surface area contributed by atoms with E-state index in [1.165, 1.54) is 19.3 Å². The van der Waals surface area contributed by atoms with Gasteiger partial charge in [-0.15, -0.1) is 0 Å². The van der Waals surface area contributed by atoms with Crippen LogP contribution >= 0.6 is 0 Å². The molecule has 130 valence electrons. The molecule has 1 aliphatic carbocycles. The molecule has 3 heterocycles. The summed E-state index contributed by atoms with van der Waals surface area (Å²) in [5.41, 5.74) is 3.97. The normalized spacial score (nSPS) is 15.6. The lowest BCUT2D eigenvalue weighted by molar-refractivity contribution is 0.0922. The molecule has 1 saturated carbocycles. The molecule has 0 aliphatic heterocycles. The largest absolute Gasteiger partial charge is 0.348 e. The molecule has 0 atom stereocenters. The summed E-state index contributed by atoms with van der Waals surface area (Å²) in [4.78, 5) is 16.9. The smallest absolute Gasteiger partial charge is 0.272 e. The summed E-state index contributed by atoms with van der Waals surface area (Å²) in [6.07, 6.45) is 9.28. The lowest BCUT2D eigenvalue weighted by Gasteiger charge is -2.22. The van der Waals surface area contributed by atoms with Crippen molar-refractivity contribution in [3.8, 4) is 11.3 Å². The third-order valence-corrected chi connectivity index (χ3v) is 5.04. The molecule has 1 aliphatic rings. The Bertz CT molecular complexity index is 919. The van der Waals surface area contributed by atoms with Crippen LogP contribution in [0.2, 0.25) is 0 Å². The predicted molar refractivity (Wildman–Crippen MR) is 94.3 cm³/mol. The summed E-state index contributed by atoms with van der Waals surface area (Å²) < 4.78 is 3.54. The van der Waals surface area contributed by atoms with Crippen LogP contribution in [-0.4, -0.2) is 36.3 Å². The third kappa shape index (κ3) is 2.90. The Morgan fingerprint density at radius 2 is 2.08 bits per heavy atom. The summed E-state index contributed by atoms with van der Waals surface area (Å²) in [7, 11) is 1.91. The van der Waals surface area contributed by atoms with Gasteiger partial charge in [0.25, 0.3) is 5.91 Å². The van der Waals surface area contributed by atoms with Crippen LogP contribution in [0.25, 0.3) is 16.9 Å². The number of amides is 1. The van der Waals surface area contributed by atoms with Crippen LogP contribution in [0.3, 0.4) is 0 Å². The van der Waals surface area contributed by atoms with Gasteiger partial charge in [-0.25, -0.2) is 9.50 Å².